The Balaban J connectivity index is 2.25. The number of rotatable bonds is 4. The molecular weight excluding hydrogens is 304 g/mol. The van der Waals surface area contributed by atoms with Crippen molar-refractivity contribution in [2.24, 2.45) is 0 Å². The van der Waals surface area contributed by atoms with Gasteiger partial charge in [-0.2, -0.15) is 0 Å². The minimum atomic E-state index is -1.06. The average Bonchev–Trinajstić information content (AvgIpc) is 2.50. The number of hydrogen-bond donors (Lipinski definition) is 0. The standard InChI is InChI=1S/C19H14F4/c1-2-3-4-5-14-11-17(21)15(18(22)12-14)8-6-13-7-9-16(20)19(23)10-13/h2,7,9-12H,1,3-5H2. The van der Waals surface area contributed by atoms with Crippen molar-refractivity contribution >= 4 is 0 Å². The number of unbranched alkanes of at least 4 members (excludes halogenated alkanes) is 1. The summed E-state index contributed by atoms with van der Waals surface area (Å²) in [6, 6.07) is 5.50. The molecular formula is C19H14F4. The minimum Gasteiger partial charge on any atom is -0.206 e. The number of benzene rings is 2. The molecule has 0 fully saturated rings. The summed E-state index contributed by atoms with van der Waals surface area (Å²) >= 11 is 0. The predicted octanol–water partition coefficient (Wildman–Crippen LogP) is 5.15. The predicted molar refractivity (Wildman–Crippen MR) is 81.8 cm³/mol. The van der Waals surface area contributed by atoms with Crippen LogP contribution in [0.3, 0.4) is 0 Å². The Morgan fingerprint density at radius 1 is 0.870 bits per heavy atom. The topological polar surface area (TPSA) is 0 Å². The molecule has 0 aliphatic carbocycles. The zero-order chi connectivity index (χ0) is 16.8. The quantitative estimate of drug-likeness (QED) is 0.316. The van der Waals surface area contributed by atoms with Crippen molar-refractivity contribution < 1.29 is 17.6 Å². The van der Waals surface area contributed by atoms with Crippen LogP contribution in [0.2, 0.25) is 0 Å². The van der Waals surface area contributed by atoms with Crippen LogP contribution in [0.1, 0.15) is 29.5 Å². The molecule has 0 saturated carbocycles. The van der Waals surface area contributed by atoms with Crippen LogP contribution < -0.4 is 0 Å². The van der Waals surface area contributed by atoms with Gasteiger partial charge in [-0.15, -0.1) is 6.58 Å². The van der Waals surface area contributed by atoms with Crippen LogP contribution in [0.25, 0.3) is 0 Å². The van der Waals surface area contributed by atoms with Gasteiger partial charge in [0.15, 0.2) is 11.6 Å². The van der Waals surface area contributed by atoms with Crippen molar-refractivity contribution in [2.75, 3.05) is 0 Å². The highest BCUT2D eigenvalue weighted by Gasteiger charge is 2.09. The van der Waals surface area contributed by atoms with Gasteiger partial charge < -0.3 is 0 Å². The van der Waals surface area contributed by atoms with Crippen LogP contribution >= 0.6 is 0 Å². The van der Waals surface area contributed by atoms with Gasteiger partial charge in [0, 0.05) is 5.56 Å². The first kappa shape index (κ1) is 16.8. The normalized spacial score (nSPS) is 10.1. The SMILES string of the molecule is C=CCCCc1cc(F)c(C#Cc2ccc(F)c(F)c2)c(F)c1. The van der Waals surface area contributed by atoms with E-state index in [2.05, 4.69) is 18.4 Å². The van der Waals surface area contributed by atoms with Crippen molar-refractivity contribution in [3.63, 3.8) is 0 Å². The molecule has 4 heteroatoms. The molecule has 0 N–H and O–H groups in total. The summed E-state index contributed by atoms with van der Waals surface area (Å²) in [7, 11) is 0. The molecule has 0 aromatic heterocycles. The van der Waals surface area contributed by atoms with E-state index in [9.17, 15) is 17.6 Å². The third-order valence-corrected chi connectivity index (χ3v) is 3.23. The Morgan fingerprint density at radius 3 is 2.17 bits per heavy atom. The average molecular weight is 318 g/mol. The van der Waals surface area contributed by atoms with E-state index in [0.717, 1.165) is 25.0 Å². The van der Waals surface area contributed by atoms with Gasteiger partial charge in [-0.25, -0.2) is 17.6 Å². The first-order chi connectivity index (χ1) is 11.0. The third kappa shape index (κ3) is 4.46. The van der Waals surface area contributed by atoms with Gasteiger partial charge in [0.25, 0.3) is 0 Å². The number of halogens is 4. The first-order valence-electron chi connectivity index (χ1n) is 7.07. The summed E-state index contributed by atoms with van der Waals surface area (Å²) < 4.78 is 53.8. The summed E-state index contributed by atoms with van der Waals surface area (Å²) in [6.07, 6.45) is 3.80. The zero-order valence-electron chi connectivity index (χ0n) is 12.3. The summed E-state index contributed by atoms with van der Waals surface area (Å²) in [5.41, 5.74) is 0.292. The highest BCUT2D eigenvalue weighted by Crippen LogP contribution is 2.17. The first-order valence-corrected chi connectivity index (χ1v) is 7.07. The maximum atomic E-state index is 14.0. The summed E-state index contributed by atoms with van der Waals surface area (Å²) in [6.45, 7) is 3.59. The van der Waals surface area contributed by atoms with Gasteiger partial charge in [-0.05, 0) is 55.2 Å². The third-order valence-electron chi connectivity index (χ3n) is 3.23. The lowest BCUT2D eigenvalue weighted by molar-refractivity contribution is 0.508. The molecule has 0 heterocycles. The molecule has 0 nitrogen and oxygen atoms in total. The Morgan fingerprint density at radius 2 is 1.57 bits per heavy atom. The van der Waals surface area contributed by atoms with Crippen LogP contribution in [0.15, 0.2) is 43.0 Å². The van der Waals surface area contributed by atoms with Gasteiger partial charge in [0.2, 0.25) is 0 Å². The largest absolute Gasteiger partial charge is 0.206 e. The van der Waals surface area contributed by atoms with Crippen molar-refractivity contribution in [1.82, 2.24) is 0 Å². The number of hydrogen-bond acceptors (Lipinski definition) is 0. The van der Waals surface area contributed by atoms with E-state index in [0.29, 0.717) is 12.0 Å². The Kier molecular flexibility index (Phi) is 5.59. The highest BCUT2D eigenvalue weighted by molar-refractivity contribution is 5.45. The summed E-state index contributed by atoms with van der Waals surface area (Å²) in [4.78, 5) is 0. The Labute approximate surface area is 132 Å². The van der Waals surface area contributed by atoms with Crippen LogP contribution in [-0.4, -0.2) is 0 Å². The number of aryl methyl sites for hydroxylation is 1. The fourth-order valence-corrected chi connectivity index (χ4v) is 2.05. The second-order valence-electron chi connectivity index (χ2n) is 4.99. The van der Waals surface area contributed by atoms with E-state index in [1.54, 1.807) is 6.08 Å². The fourth-order valence-electron chi connectivity index (χ4n) is 2.05. The van der Waals surface area contributed by atoms with E-state index in [4.69, 9.17) is 0 Å². The van der Waals surface area contributed by atoms with Gasteiger partial charge in [-0.3, -0.25) is 0 Å². The van der Waals surface area contributed by atoms with Gasteiger partial charge >= 0.3 is 0 Å². The lowest BCUT2D eigenvalue weighted by Crippen LogP contribution is -1.95. The van der Waals surface area contributed by atoms with Crippen LogP contribution in [0, 0.1) is 35.1 Å². The van der Waals surface area contributed by atoms with Crippen LogP contribution in [-0.2, 0) is 6.42 Å². The van der Waals surface area contributed by atoms with Crippen LogP contribution in [0.4, 0.5) is 17.6 Å². The van der Waals surface area contributed by atoms with Crippen molar-refractivity contribution in [3.05, 3.63) is 82.9 Å². The molecule has 0 unspecified atom stereocenters. The van der Waals surface area contributed by atoms with Gasteiger partial charge in [-0.1, -0.05) is 17.9 Å². The number of allylic oxidation sites excluding steroid dienone is 1. The molecule has 2 rings (SSSR count). The van der Waals surface area contributed by atoms with E-state index < -0.39 is 23.3 Å². The molecule has 0 aliphatic heterocycles. The molecule has 0 saturated heterocycles. The van der Waals surface area contributed by atoms with Gasteiger partial charge in [0.05, 0.1) is 5.56 Å². The van der Waals surface area contributed by atoms with Crippen molar-refractivity contribution in [2.45, 2.75) is 19.3 Å². The Bertz CT molecular complexity index is 759. The molecule has 0 radical (unpaired) electrons. The molecule has 23 heavy (non-hydrogen) atoms. The lowest BCUT2D eigenvalue weighted by Gasteiger charge is -2.03. The van der Waals surface area contributed by atoms with E-state index in [-0.39, 0.29) is 11.1 Å². The molecule has 0 spiro atoms. The fraction of sp³-hybridized carbons (Fsp3) is 0.158. The van der Waals surface area contributed by atoms with Gasteiger partial charge in [0.1, 0.15) is 11.6 Å². The van der Waals surface area contributed by atoms with Crippen molar-refractivity contribution in [3.8, 4) is 11.8 Å². The molecule has 0 bridgehead atoms. The van der Waals surface area contributed by atoms with Crippen molar-refractivity contribution in [1.29, 1.82) is 0 Å². The van der Waals surface area contributed by atoms with Crippen LogP contribution in [0.5, 0.6) is 0 Å². The molecule has 0 amide bonds. The molecule has 118 valence electrons. The zero-order valence-corrected chi connectivity index (χ0v) is 12.3. The second-order valence-corrected chi connectivity index (χ2v) is 4.99. The molecule has 2 aromatic rings. The maximum absolute atomic E-state index is 14.0. The highest BCUT2D eigenvalue weighted by atomic mass is 19.2. The van der Waals surface area contributed by atoms with E-state index in [1.807, 2.05) is 0 Å². The lowest BCUT2D eigenvalue weighted by atomic mass is 10.0. The smallest absolute Gasteiger partial charge is 0.160 e. The minimum absolute atomic E-state index is 0.137. The van der Waals surface area contributed by atoms with E-state index >= 15 is 0 Å². The van der Waals surface area contributed by atoms with E-state index in [1.165, 1.54) is 18.2 Å². The summed E-state index contributed by atoms with van der Waals surface area (Å²) in [5.74, 6) is 1.16. The molecule has 0 atom stereocenters. The second kappa shape index (κ2) is 7.64. The summed E-state index contributed by atoms with van der Waals surface area (Å²) in [5, 5.41) is 0. The monoisotopic (exact) mass is 318 g/mol. The molecule has 0 aliphatic rings. The Hall–Kier alpha value is -2.54. The molecule has 2 aromatic carbocycles. The maximum Gasteiger partial charge on any atom is 0.160 e.